The largest absolute Gasteiger partial charge is 0.435 e. The Morgan fingerprint density at radius 1 is 0.867 bits per heavy atom. The van der Waals surface area contributed by atoms with Gasteiger partial charge in [-0.05, 0) is 30.3 Å². The van der Waals surface area contributed by atoms with Crippen molar-refractivity contribution in [3.05, 3.63) is 77.1 Å². The Hall–Kier alpha value is -3.44. The fraction of sp³-hybridized carbons (Fsp3) is 0.111. The highest BCUT2D eigenvalue weighted by Gasteiger charge is 2.42. The van der Waals surface area contributed by atoms with Crippen molar-refractivity contribution in [3.8, 4) is 5.69 Å². The maximum Gasteiger partial charge on any atom is 0.435 e. The quantitative estimate of drug-likeness (QED) is 0.557. The van der Waals surface area contributed by atoms with Gasteiger partial charge in [-0.2, -0.15) is 31.4 Å². The van der Waals surface area contributed by atoms with Crippen molar-refractivity contribution in [2.24, 2.45) is 0 Å². The van der Waals surface area contributed by atoms with Crippen LogP contribution in [0.2, 0.25) is 0 Å². The van der Waals surface area contributed by atoms with Crippen LogP contribution in [0, 0.1) is 11.6 Å². The molecule has 3 aromatic rings. The number of anilines is 1. The molecule has 0 aliphatic heterocycles. The minimum absolute atomic E-state index is 0.0160. The highest BCUT2D eigenvalue weighted by atomic mass is 19.4. The molecule has 1 aromatic heterocycles. The maximum absolute atomic E-state index is 13.7. The second kappa shape index (κ2) is 7.43. The molecule has 0 aliphatic rings. The van der Waals surface area contributed by atoms with Gasteiger partial charge in [0.25, 0.3) is 5.91 Å². The molecule has 30 heavy (non-hydrogen) atoms. The molecule has 0 aliphatic carbocycles. The lowest BCUT2D eigenvalue weighted by atomic mass is 10.1. The highest BCUT2D eigenvalue weighted by Crippen LogP contribution is 2.36. The van der Waals surface area contributed by atoms with Crippen LogP contribution in [0.25, 0.3) is 5.69 Å². The summed E-state index contributed by atoms with van der Waals surface area (Å²) >= 11 is 0. The molecule has 1 N–H and O–H groups in total. The number of hydrogen-bond acceptors (Lipinski definition) is 2. The lowest BCUT2D eigenvalue weighted by molar-refractivity contribution is -0.143. The number of rotatable bonds is 3. The molecule has 0 fully saturated rings. The SMILES string of the molecule is O=C(Nc1cccc(-n2nc(C(F)(F)F)cc2C(F)(F)F)c1)c1c(F)cccc1F. The molecule has 3 rings (SSSR count). The molecule has 0 saturated carbocycles. The Balaban J connectivity index is 2.00. The van der Waals surface area contributed by atoms with Crippen molar-refractivity contribution < 1.29 is 39.9 Å². The molecule has 1 heterocycles. The first kappa shape index (κ1) is 21.3. The third-order valence-corrected chi connectivity index (χ3v) is 3.83. The average molecular weight is 435 g/mol. The summed E-state index contributed by atoms with van der Waals surface area (Å²) in [5.74, 6) is -3.59. The van der Waals surface area contributed by atoms with Gasteiger partial charge in [-0.25, -0.2) is 13.5 Å². The van der Waals surface area contributed by atoms with Crippen molar-refractivity contribution >= 4 is 11.6 Å². The van der Waals surface area contributed by atoms with E-state index in [2.05, 4.69) is 10.4 Å². The third-order valence-electron chi connectivity index (χ3n) is 3.83. The van der Waals surface area contributed by atoms with Crippen LogP contribution in [0.5, 0.6) is 0 Å². The van der Waals surface area contributed by atoms with E-state index in [4.69, 9.17) is 0 Å². The van der Waals surface area contributed by atoms with E-state index in [1.54, 1.807) is 0 Å². The number of carbonyl (C=O) groups is 1. The second-order valence-corrected chi connectivity index (χ2v) is 5.92. The van der Waals surface area contributed by atoms with Gasteiger partial charge in [0, 0.05) is 11.8 Å². The average Bonchev–Trinajstić information content (AvgIpc) is 3.08. The van der Waals surface area contributed by atoms with Gasteiger partial charge < -0.3 is 5.32 Å². The summed E-state index contributed by atoms with van der Waals surface area (Å²) in [5.41, 5.74) is -5.09. The van der Waals surface area contributed by atoms with Crippen LogP contribution in [0.15, 0.2) is 48.5 Å². The van der Waals surface area contributed by atoms with Crippen LogP contribution in [-0.2, 0) is 12.4 Å². The molecule has 2 aromatic carbocycles. The van der Waals surface area contributed by atoms with Crippen LogP contribution < -0.4 is 5.32 Å². The molecular weight excluding hydrogens is 426 g/mol. The molecule has 1 amide bonds. The lowest BCUT2D eigenvalue weighted by Crippen LogP contribution is -2.16. The van der Waals surface area contributed by atoms with E-state index >= 15 is 0 Å². The predicted octanol–water partition coefficient (Wildman–Crippen LogP) is 5.44. The Kier molecular flexibility index (Phi) is 5.27. The van der Waals surface area contributed by atoms with Crippen LogP contribution in [0.3, 0.4) is 0 Å². The van der Waals surface area contributed by atoms with E-state index in [0.717, 1.165) is 36.4 Å². The number of amides is 1. The molecule has 4 nitrogen and oxygen atoms in total. The number of aromatic nitrogens is 2. The van der Waals surface area contributed by atoms with Crippen molar-refractivity contribution in [3.63, 3.8) is 0 Å². The summed E-state index contributed by atoms with van der Waals surface area (Å²) in [6.07, 6.45) is -10.3. The minimum Gasteiger partial charge on any atom is -0.322 e. The summed E-state index contributed by atoms with van der Waals surface area (Å²) < 4.78 is 105. The van der Waals surface area contributed by atoms with Gasteiger partial charge in [0.15, 0.2) is 5.69 Å². The first-order valence-electron chi connectivity index (χ1n) is 7.98. The molecule has 0 bridgehead atoms. The van der Waals surface area contributed by atoms with Gasteiger partial charge in [-0.1, -0.05) is 12.1 Å². The normalized spacial score (nSPS) is 12.1. The molecule has 12 heteroatoms. The summed E-state index contributed by atoms with van der Waals surface area (Å²) in [4.78, 5) is 12.1. The molecule has 0 spiro atoms. The van der Waals surface area contributed by atoms with E-state index in [-0.39, 0.29) is 16.4 Å². The van der Waals surface area contributed by atoms with E-state index in [9.17, 15) is 39.9 Å². The number of halogens is 8. The van der Waals surface area contributed by atoms with Crippen LogP contribution in [-0.4, -0.2) is 15.7 Å². The third kappa shape index (κ3) is 4.26. The number of nitrogens with zero attached hydrogens (tertiary/aromatic N) is 2. The highest BCUT2D eigenvalue weighted by molar-refractivity contribution is 6.04. The number of benzene rings is 2. The summed E-state index contributed by atoms with van der Waals surface area (Å²) in [7, 11) is 0. The zero-order chi connectivity index (χ0) is 22.3. The van der Waals surface area contributed by atoms with Crippen molar-refractivity contribution in [2.75, 3.05) is 5.32 Å². The van der Waals surface area contributed by atoms with Gasteiger partial charge in [0.2, 0.25) is 0 Å². The van der Waals surface area contributed by atoms with E-state index in [0.29, 0.717) is 0 Å². The number of alkyl halides is 6. The summed E-state index contributed by atoms with van der Waals surface area (Å²) in [6.45, 7) is 0. The molecule has 0 atom stereocenters. The molecule has 0 unspecified atom stereocenters. The zero-order valence-corrected chi connectivity index (χ0v) is 14.4. The van der Waals surface area contributed by atoms with Gasteiger partial charge in [-0.15, -0.1) is 0 Å². The topological polar surface area (TPSA) is 46.9 Å². The fourth-order valence-electron chi connectivity index (χ4n) is 2.54. The Bertz CT molecular complexity index is 1080. The van der Waals surface area contributed by atoms with E-state index in [1.807, 2.05) is 0 Å². The van der Waals surface area contributed by atoms with Crippen molar-refractivity contribution in [1.29, 1.82) is 0 Å². The summed E-state index contributed by atoms with van der Waals surface area (Å²) in [5, 5.41) is 5.05. The lowest BCUT2D eigenvalue weighted by Gasteiger charge is -2.12. The number of nitrogens with one attached hydrogen (secondary N) is 1. The predicted molar refractivity (Wildman–Crippen MR) is 87.9 cm³/mol. The van der Waals surface area contributed by atoms with Gasteiger partial charge in [0.1, 0.15) is 22.9 Å². The fourth-order valence-corrected chi connectivity index (χ4v) is 2.54. The monoisotopic (exact) mass is 435 g/mol. The molecule has 0 radical (unpaired) electrons. The Morgan fingerprint density at radius 2 is 1.47 bits per heavy atom. The van der Waals surface area contributed by atoms with Crippen molar-refractivity contribution in [2.45, 2.75) is 12.4 Å². The Morgan fingerprint density at radius 3 is 2.03 bits per heavy atom. The first-order chi connectivity index (χ1) is 13.9. The first-order valence-corrected chi connectivity index (χ1v) is 7.98. The minimum atomic E-state index is -5.16. The number of carbonyl (C=O) groups excluding carboxylic acids is 1. The molecule has 0 saturated heterocycles. The summed E-state index contributed by atoms with van der Waals surface area (Å²) in [6, 6.07) is 6.70. The van der Waals surface area contributed by atoms with Gasteiger partial charge in [-0.3, -0.25) is 4.79 Å². The maximum atomic E-state index is 13.7. The van der Waals surface area contributed by atoms with E-state index in [1.165, 1.54) is 6.07 Å². The standard InChI is InChI=1S/C18H9F8N3O/c19-11-5-2-6-12(20)15(11)16(30)27-9-3-1-4-10(7-9)29-14(18(24,25)26)8-13(28-29)17(21,22)23/h1-8H,(H,27,30). The van der Waals surface area contributed by atoms with Gasteiger partial charge >= 0.3 is 12.4 Å². The molecular formula is C18H9F8N3O. The van der Waals surface area contributed by atoms with Gasteiger partial charge in [0.05, 0.1) is 5.69 Å². The van der Waals surface area contributed by atoms with Crippen LogP contribution in [0.4, 0.5) is 40.8 Å². The van der Waals surface area contributed by atoms with E-state index < -0.39 is 52.5 Å². The second-order valence-electron chi connectivity index (χ2n) is 5.92. The zero-order valence-electron chi connectivity index (χ0n) is 14.4. The Labute approximate surface area is 162 Å². The van der Waals surface area contributed by atoms with Crippen molar-refractivity contribution in [1.82, 2.24) is 9.78 Å². The van der Waals surface area contributed by atoms with Crippen LogP contribution >= 0.6 is 0 Å². The number of hydrogen-bond donors (Lipinski definition) is 1. The molecule has 158 valence electrons. The smallest absolute Gasteiger partial charge is 0.322 e. The van der Waals surface area contributed by atoms with Crippen LogP contribution in [0.1, 0.15) is 21.7 Å².